The van der Waals surface area contributed by atoms with E-state index in [0.29, 0.717) is 17.8 Å². The molecule has 0 spiro atoms. The van der Waals surface area contributed by atoms with Gasteiger partial charge in [-0.1, -0.05) is 13.3 Å². The molecule has 1 aromatic carbocycles. The van der Waals surface area contributed by atoms with Gasteiger partial charge in [-0.15, -0.1) is 0 Å². The van der Waals surface area contributed by atoms with E-state index < -0.39 is 5.97 Å². The van der Waals surface area contributed by atoms with E-state index in [2.05, 4.69) is 5.32 Å². The van der Waals surface area contributed by atoms with Crippen molar-refractivity contribution in [3.8, 4) is 0 Å². The van der Waals surface area contributed by atoms with Crippen LogP contribution in [-0.4, -0.2) is 42.9 Å². The molecule has 0 radical (unpaired) electrons. The maximum Gasteiger partial charge on any atom is 0.338 e. The molecule has 1 rings (SSSR count). The van der Waals surface area contributed by atoms with Crippen molar-refractivity contribution >= 4 is 23.5 Å². The molecule has 0 fully saturated rings. The smallest absolute Gasteiger partial charge is 0.338 e. The van der Waals surface area contributed by atoms with E-state index in [1.165, 1.54) is 6.92 Å². The Labute approximate surface area is 130 Å². The number of likely N-dealkylation sites (N-methyl/N-ethyl adjacent to an activating group) is 1. The number of ether oxygens (including phenoxy) is 1. The van der Waals surface area contributed by atoms with Crippen molar-refractivity contribution < 1.29 is 19.1 Å². The molecule has 0 aliphatic heterocycles. The molecular weight excluding hydrogens is 284 g/mol. The fourth-order valence-corrected chi connectivity index (χ4v) is 1.73. The number of amides is 2. The monoisotopic (exact) mass is 306 g/mol. The lowest BCUT2D eigenvalue weighted by Crippen LogP contribution is -2.32. The van der Waals surface area contributed by atoms with Gasteiger partial charge in [0.25, 0.3) is 5.91 Å². The van der Waals surface area contributed by atoms with Gasteiger partial charge < -0.3 is 15.0 Å². The highest BCUT2D eigenvalue weighted by Crippen LogP contribution is 2.10. The molecule has 0 heterocycles. The second-order valence-corrected chi connectivity index (χ2v) is 5.00. The quantitative estimate of drug-likeness (QED) is 0.782. The SMILES string of the molecule is CCCCN(C)C(=O)COC(=O)c1ccc(NC(C)=O)cc1. The Morgan fingerprint density at radius 3 is 2.36 bits per heavy atom. The Balaban J connectivity index is 2.48. The van der Waals surface area contributed by atoms with Crippen LogP contribution in [0.15, 0.2) is 24.3 Å². The number of hydrogen-bond donors (Lipinski definition) is 1. The number of unbranched alkanes of at least 4 members (excludes halogenated alkanes) is 1. The van der Waals surface area contributed by atoms with Crippen LogP contribution in [0.2, 0.25) is 0 Å². The molecular formula is C16H22N2O4. The zero-order valence-corrected chi connectivity index (χ0v) is 13.2. The van der Waals surface area contributed by atoms with Crippen molar-refractivity contribution in [2.24, 2.45) is 0 Å². The van der Waals surface area contributed by atoms with Gasteiger partial charge in [0, 0.05) is 26.2 Å². The van der Waals surface area contributed by atoms with E-state index in [9.17, 15) is 14.4 Å². The summed E-state index contributed by atoms with van der Waals surface area (Å²) in [6, 6.07) is 6.29. The Morgan fingerprint density at radius 2 is 1.82 bits per heavy atom. The summed E-state index contributed by atoms with van der Waals surface area (Å²) in [4.78, 5) is 36.1. The zero-order valence-electron chi connectivity index (χ0n) is 13.2. The van der Waals surface area contributed by atoms with E-state index in [1.807, 2.05) is 6.92 Å². The minimum atomic E-state index is -0.563. The number of benzene rings is 1. The van der Waals surface area contributed by atoms with Gasteiger partial charge in [-0.2, -0.15) is 0 Å². The molecule has 0 bridgehead atoms. The average molecular weight is 306 g/mol. The van der Waals surface area contributed by atoms with Crippen LogP contribution in [0.3, 0.4) is 0 Å². The molecule has 6 heteroatoms. The van der Waals surface area contributed by atoms with Crippen LogP contribution in [0.25, 0.3) is 0 Å². The summed E-state index contributed by atoms with van der Waals surface area (Å²) >= 11 is 0. The van der Waals surface area contributed by atoms with Gasteiger partial charge in [-0.05, 0) is 30.7 Å². The number of rotatable bonds is 7. The largest absolute Gasteiger partial charge is 0.452 e. The van der Waals surface area contributed by atoms with Crippen molar-refractivity contribution in [2.75, 3.05) is 25.5 Å². The lowest BCUT2D eigenvalue weighted by atomic mass is 10.2. The van der Waals surface area contributed by atoms with E-state index in [0.717, 1.165) is 12.8 Å². The molecule has 0 unspecified atom stereocenters. The first-order valence-corrected chi connectivity index (χ1v) is 7.22. The highest BCUT2D eigenvalue weighted by Gasteiger charge is 2.13. The van der Waals surface area contributed by atoms with Gasteiger partial charge in [0.15, 0.2) is 6.61 Å². The summed E-state index contributed by atoms with van der Waals surface area (Å²) in [6.07, 6.45) is 1.92. The third kappa shape index (κ3) is 5.95. The summed E-state index contributed by atoms with van der Waals surface area (Å²) in [5.41, 5.74) is 0.928. The van der Waals surface area contributed by atoms with E-state index in [1.54, 1.807) is 36.2 Å². The predicted molar refractivity (Wildman–Crippen MR) is 83.6 cm³/mol. The van der Waals surface area contributed by atoms with Gasteiger partial charge in [-0.3, -0.25) is 9.59 Å². The minimum Gasteiger partial charge on any atom is -0.452 e. The highest BCUT2D eigenvalue weighted by atomic mass is 16.5. The first-order chi connectivity index (χ1) is 10.4. The number of esters is 1. The van der Waals surface area contributed by atoms with Crippen molar-refractivity contribution in [3.05, 3.63) is 29.8 Å². The van der Waals surface area contributed by atoms with Crippen molar-refractivity contribution in [1.29, 1.82) is 0 Å². The topological polar surface area (TPSA) is 75.7 Å². The van der Waals surface area contributed by atoms with Crippen LogP contribution >= 0.6 is 0 Å². The number of anilines is 1. The van der Waals surface area contributed by atoms with Crippen LogP contribution in [-0.2, 0) is 14.3 Å². The van der Waals surface area contributed by atoms with E-state index in [4.69, 9.17) is 4.74 Å². The molecule has 0 saturated carbocycles. The Morgan fingerprint density at radius 1 is 1.18 bits per heavy atom. The summed E-state index contributed by atoms with van der Waals surface area (Å²) in [5, 5.41) is 2.60. The molecule has 22 heavy (non-hydrogen) atoms. The van der Waals surface area contributed by atoms with Gasteiger partial charge in [0.1, 0.15) is 0 Å². The third-order valence-corrected chi connectivity index (χ3v) is 3.04. The minimum absolute atomic E-state index is 0.184. The molecule has 2 amide bonds. The second kappa shape index (κ2) is 8.81. The fourth-order valence-electron chi connectivity index (χ4n) is 1.73. The predicted octanol–water partition coefficient (Wildman–Crippen LogP) is 2.06. The second-order valence-electron chi connectivity index (χ2n) is 5.00. The van der Waals surface area contributed by atoms with Crippen molar-refractivity contribution in [3.63, 3.8) is 0 Å². The highest BCUT2D eigenvalue weighted by molar-refractivity contribution is 5.93. The number of carbonyl (C=O) groups is 3. The maximum atomic E-state index is 11.8. The standard InChI is InChI=1S/C16H22N2O4/c1-4-5-10-18(3)15(20)11-22-16(21)13-6-8-14(9-7-13)17-12(2)19/h6-9H,4-5,10-11H2,1-3H3,(H,17,19). The molecule has 0 atom stereocenters. The van der Waals surface area contributed by atoms with Gasteiger partial charge in [0.2, 0.25) is 5.91 Å². The molecule has 0 aromatic heterocycles. The summed E-state index contributed by atoms with van der Waals surface area (Å²) in [5.74, 6) is -0.973. The van der Waals surface area contributed by atoms with Gasteiger partial charge in [0.05, 0.1) is 5.56 Å². The molecule has 0 aliphatic rings. The Bertz CT molecular complexity index is 525. The van der Waals surface area contributed by atoms with Crippen LogP contribution in [0, 0.1) is 0 Å². The lowest BCUT2D eigenvalue weighted by Gasteiger charge is -2.16. The summed E-state index contributed by atoms with van der Waals surface area (Å²) in [7, 11) is 1.69. The molecule has 1 N–H and O–H groups in total. The van der Waals surface area contributed by atoms with Crippen molar-refractivity contribution in [2.45, 2.75) is 26.7 Å². The van der Waals surface area contributed by atoms with Gasteiger partial charge >= 0.3 is 5.97 Å². The lowest BCUT2D eigenvalue weighted by molar-refractivity contribution is -0.133. The number of nitrogens with one attached hydrogen (secondary N) is 1. The zero-order chi connectivity index (χ0) is 16.5. The molecule has 1 aromatic rings. The van der Waals surface area contributed by atoms with Gasteiger partial charge in [-0.25, -0.2) is 4.79 Å². The van der Waals surface area contributed by atoms with Crippen molar-refractivity contribution in [1.82, 2.24) is 4.90 Å². The molecule has 120 valence electrons. The number of hydrogen-bond acceptors (Lipinski definition) is 4. The molecule has 6 nitrogen and oxygen atoms in total. The Hall–Kier alpha value is -2.37. The van der Waals surface area contributed by atoms with Crippen LogP contribution in [0.1, 0.15) is 37.0 Å². The number of nitrogens with zero attached hydrogens (tertiary/aromatic N) is 1. The van der Waals surface area contributed by atoms with Crippen LogP contribution in [0.5, 0.6) is 0 Å². The van der Waals surface area contributed by atoms with Crippen LogP contribution in [0.4, 0.5) is 5.69 Å². The Kier molecular flexibility index (Phi) is 7.08. The fraction of sp³-hybridized carbons (Fsp3) is 0.438. The first kappa shape index (κ1) is 17.7. The maximum absolute atomic E-state index is 11.8. The van der Waals surface area contributed by atoms with E-state index in [-0.39, 0.29) is 18.4 Å². The molecule has 0 saturated heterocycles. The number of carbonyl (C=O) groups excluding carboxylic acids is 3. The summed E-state index contributed by atoms with van der Waals surface area (Å²) < 4.78 is 4.99. The summed E-state index contributed by atoms with van der Waals surface area (Å²) in [6.45, 7) is 3.83. The first-order valence-electron chi connectivity index (χ1n) is 7.22. The van der Waals surface area contributed by atoms with E-state index >= 15 is 0 Å². The molecule has 0 aliphatic carbocycles. The normalized spacial score (nSPS) is 9.95. The average Bonchev–Trinajstić information content (AvgIpc) is 2.50. The van der Waals surface area contributed by atoms with Crippen LogP contribution < -0.4 is 5.32 Å². The third-order valence-electron chi connectivity index (χ3n) is 3.04.